The average molecular weight is 260 g/mol. The van der Waals surface area contributed by atoms with Crippen LogP contribution in [0.25, 0.3) is 0 Å². The van der Waals surface area contributed by atoms with Gasteiger partial charge in [0.2, 0.25) is 0 Å². The maximum Gasteiger partial charge on any atom is 0.253 e. The number of carbonyl (C=O) groups is 1. The van der Waals surface area contributed by atoms with Crippen molar-refractivity contribution in [1.82, 2.24) is 0 Å². The first-order valence-electron chi connectivity index (χ1n) is 4.56. The highest BCUT2D eigenvalue weighted by Crippen LogP contribution is 2.04. The SMILES string of the molecule is CCc1ccc(C(=O)C=S=S(=O)(O)O)cc1. The van der Waals surface area contributed by atoms with Crippen molar-refractivity contribution in [3.63, 3.8) is 0 Å². The smallest absolute Gasteiger partial charge is 0.253 e. The molecule has 1 aromatic rings. The maximum absolute atomic E-state index is 11.5. The molecule has 0 atom stereocenters. The molecule has 0 aromatic heterocycles. The Balaban J connectivity index is 2.99. The van der Waals surface area contributed by atoms with Crippen molar-refractivity contribution in [1.29, 1.82) is 0 Å². The third-order valence-electron chi connectivity index (χ3n) is 1.93. The fourth-order valence-electron chi connectivity index (χ4n) is 1.08. The molecule has 0 radical (unpaired) electrons. The van der Waals surface area contributed by atoms with Crippen LogP contribution in [0.1, 0.15) is 22.8 Å². The van der Waals surface area contributed by atoms with Gasteiger partial charge in [-0.25, -0.2) is 0 Å². The second kappa shape index (κ2) is 5.40. The van der Waals surface area contributed by atoms with Gasteiger partial charge in [0.1, 0.15) is 0 Å². The summed E-state index contributed by atoms with van der Waals surface area (Å²) in [6.07, 6.45) is 0.883. The number of aryl methyl sites for hydroxylation is 1. The van der Waals surface area contributed by atoms with E-state index >= 15 is 0 Å². The van der Waals surface area contributed by atoms with Gasteiger partial charge in [-0.2, -0.15) is 4.21 Å². The number of hydrogen-bond acceptors (Lipinski definition) is 2. The van der Waals surface area contributed by atoms with Crippen molar-refractivity contribution in [2.24, 2.45) is 0 Å². The first-order valence-corrected chi connectivity index (χ1v) is 7.43. The summed E-state index contributed by atoms with van der Waals surface area (Å²) in [5, 5.41) is 0.934. The highest BCUT2D eigenvalue weighted by atomic mass is 32.9. The summed E-state index contributed by atoms with van der Waals surface area (Å²) in [5.41, 5.74) is 1.53. The van der Waals surface area contributed by atoms with E-state index in [1.54, 1.807) is 12.1 Å². The van der Waals surface area contributed by atoms with Gasteiger partial charge >= 0.3 is 0 Å². The Hall–Kier alpha value is -0.950. The summed E-state index contributed by atoms with van der Waals surface area (Å²) < 4.78 is 27.6. The molecular weight excluding hydrogens is 248 g/mol. The van der Waals surface area contributed by atoms with Gasteiger partial charge in [0.05, 0.1) is 5.37 Å². The third-order valence-corrected chi connectivity index (χ3v) is 3.53. The molecule has 0 bridgehead atoms. The second-order valence-electron chi connectivity index (χ2n) is 3.08. The third kappa shape index (κ3) is 4.28. The minimum Gasteiger partial charge on any atom is -0.288 e. The molecule has 0 spiro atoms. The van der Waals surface area contributed by atoms with Gasteiger partial charge in [-0.05, 0) is 21.9 Å². The molecule has 0 saturated heterocycles. The van der Waals surface area contributed by atoms with Crippen molar-refractivity contribution in [3.05, 3.63) is 35.4 Å². The Bertz CT molecular complexity index is 524. The molecule has 0 amide bonds. The summed E-state index contributed by atoms with van der Waals surface area (Å²) in [5.74, 6) is -0.400. The standard InChI is InChI=1S/C10H12O4S2/c1-2-8-3-5-9(6-4-8)10(11)7-15-16(12,13)14/h3-7H,2H2,1H3,(H2,12,13,14). The minimum atomic E-state index is -3.95. The van der Waals surface area contributed by atoms with Crippen LogP contribution in [0.5, 0.6) is 0 Å². The Kier molecular flexibility index (Phi) is 4.43. The van der Waals surface area contributed by atoms with E-state index < -0.39 is 14.8 Å². The van der Waals surface area contributed by atoms with E-state index in [-0.39, 0.29) is 9.91 Å². The monoisotopic (exact) mass is 260 g/mol. The van der Waals surface area contributed by atoms with Crippen LogP contribution in [-0.2, 0) is 25.4 Å². The van der Waals surface area contributed by atoms with Crippen molar-refractivity contribution in [3.8, 4) is 0 Å². The molecule has 0 aliphatic carbocycles. The van der Waals surface area contributed by atoms with Gasteiger partial charge < -0.3 is 0 Å². The molecule has 0 aliphatic heterocycles. The Morgan fingerprint density at radius 2 is 1.94 bits per heavy atom. The summed E-state index contributed by atoms with van der Waals surface area (Å²) in [6, 6.07) is 6.94. The first-order chi connectivity index (χ1) is 7.42. The predicted molar refractivity (Wildman–Crippen MR) is 67.0 cm³/mol. The topological polar surface area (TPSA) is 74.6 Å². The summed E-state index contributed by atoms with van der Waals surface area (Å²) in [4.78, 5) is 11.5. The van der Waals surface area contributed by atoms with Crippen LogP contribution < -0.4 is 0 Å². The highest BCUT2D eigenvalue weighted by Gasteiger charge is 2.01. The summed E-state index contributed by atoms with van der Waals surface area (Å²) in [7, 11) is -3.74. The van der Waals surface area contributed by atoms with E-state index in [1.165, 1.54) is 0 Å². The van der Waals surface area contributed by atoms with Crippen molar-refractivity contribution in [2.75, 3.05) is 0 Å². The normalized spacial score (nSPS) is 10.9. The lowest BCUT2D eigenvalue weighted by molar-refractivity contribution is 0.107. The second-order valence-corrected chi connectivity index (χ2v) is 6.28. The van der Waals surface area contributed by atoms with Crippen molar-refractivity contribution >= 4 is 30.1 Å². The zero-order valence-electron chi connectivity index (χ0n) is 8.62. The van der Waals surface area contributed by atoms with Crippen molar-refractivity contribution < 1.29 is 18.1 Å². The Morgan fingerprint density at radius 3 is 2.38 bits per heavy atom. The Morgan fingerprint density at radius 1 is 1.38 bits per heavy atom. The van der Waals surface area contributed by atoms with Gasteiger partial charge in [-0.1, -0.05) is 31.2 Å². The fourth-order valence-corrected chi connectivity index (χ4v) is 2.07. The molecule has 1 aromatic carbocycles. The Labute approximate surface area is 97.2 Å². The largest absolute Gasteiger partial charge is 0.288 e. The van der Waals surface area contributed by atoms with Gasteiger partial charge in [0.25, 0.3) is 9.05 Å². The van der Waals surface area contributed by atoms with E-state index in [2.05, 4.69) is 0 Å². The lowest BCUT2D eigenvalue weighted by Gasteiger charge is -1.97. The van der Waals surface area contributed by atoms with E-state index in [0.29, 0.717) is 5.56 Å². The van der Waals surface area contributed by atoms with Gasteiger partial charge in [-0.3, -0.25) is 13.9 Å². The number of rotatable bonds is 3. The van der Waals surface area contributed by atoms with Crippen LogP contribution in [0, 0.1) is 0 Å². The van der Waals surface area contributed by atoms with Crippen LogP contribution in [0.3, 0.4) is 0 Å². The average Bonchev–Trinajstić information content (AvgIpc) is 2.25. The molecule has 88 valence electrons. The molecule has 0 saturated carbocycles. The molecular formula is C10H12O4S2. The van der Waals surface area contributed by atoms with Gasteiger partial charge in [0.15, 0.2) is 5.78 Å². The molecule has 0 aliphatic rings. The highest BCUT2D eigenvalue weighted by molar-refractivity contribution is 8.33. The van der Waals surface area contributed by atoms with E-state index in [0.717, 1.165) is 17.4 Å². The summed E-state index contributed by atoms with van der Waals surface area (Å²) >= 11 is 0. The number of benzene rings is 1. The number of ketones is 1. The molecule has 6 heteroatoms. The number of Topliss-reactive ketones (excluding diaryl/α,β-unsaturated/α-hetero) is 1. The predicted octanol–water partition coefficient (Wildman–Crippen LogP) is 1.46. The first kappa shape index (κ1) is 13.1. The molecule has 4 nitrogen and oxygen atoms in total. The van der Waals surface area contributed by atoms with Crippen LogP contribution in [-0.4, -0.2) is 24.5 Å². The molecule has 1 rings (SSSR count). The quantitative estimate of drug-likeness (QED) is 0.637. The molecule has 0 unspecified atom stereocenters. The zero-order valence-corrected chi connectivity index (χ0v) is 10.3. The van der Waals surface area contributed by atoms with Crippen LogP contribution in [0.4, 0.5) is 0 Å². The minimum absolute atomic E-state index is 0.211. The fraction of sp³-hybridized carbons (Fsp3) is 0.200. The maximum atomic E-state index is 11.5. The number of hydrogen-bond donors (Lipinski definition) is 2. The van der Waals surface area contributed by atoms with Gasteiger partial charge in [0, 0.05) is 5.56 Å². The molecule has 2 N–H and O–H groups in total. The lowest BCUT2D eigenvalue weighted by Crippen LogP contribution is -2.02. The molecule has 0 heterocycles. The van der Waals surface area contributed by atoms with Gasteiger partial charge in [-0.15, -0.1) is 0 Å². The lowest BCUT2D eigenvalue weighted by atomic mass is 10.1. The zero-order chi connectivity index (χ0) is 12.2. The molecule has 16 heavy (non-hydrogen) atoms. The van der Waals surface area contributed by atoms with E-state index in [1.807, 2.05) is 19.1 Å². The number of carbonyl (C=O) groups excluding carboxylic acids is 1. The van der Waals surface area contributed by atoms with E-state index in [9.17, 15) is 9.00 Å². The van der Waals surface area contributed by atoms with Crippen LogP contribution in [0.2, 0.25) is 0 Å². The van der Waals surface area contributed by atoms with Crippen LogP contribution in [0.15, 0.2) is 24.3 Å². The molecule has 0 fully saturated rings. The van der Waals surface area contributed by atoms with E-state index in [4.69, 9.17) is 9.11 Å². The van der Waals surface area contributed by atoms with Crippen LogP contribution >= 0.6 is 0 Å². The summed E-state index contributed by atoms with van der Waals surface area (Å²) in [6.45, 7) is 2.01. The van der Waals surface area contributed by atoms with Crippen molar-refractivity contribution in [2.45, 2.75) is 13.3 Å².